The van der Waals surface area contributed by atoms with Gasteiger partial charge in [0.2, 0.25) is 15.9 Å². The SMILES string of the molecule is O=C(NCCCc1ccccc1Cl)C1CCN(S(=O)(=O)Cc2ccc(Cl)cc2Cl)CC1. The van der Waals surface area contributed by atoms with Gasteiger partial charge in [0.25, 0.3) is 0 Å². The maximum Gasteiger partial charge on any atom is 0.223 e. The van der Waals surface area contributed by atoms with Crippen molar-refractivity contribution >= 4 is 50.7 Å². The lowest BCUT2D eigenvalue weighted by Gasteiger charge is -2.30. The molecule has 0 bridgehead atoms. The second-order valence-electron chi connectivity index (χ2n) is 7.65. The highest BCUT2D eigenvalue weighted by Gasteiger charge is 2.31. The maximum absolute atomic E-state index is 12.8. The van der Waals surface area contributed by atoms with Gasteiger partial charge in [-0.2, -0.15) is 0 Å². The molecule has 0 atom stereocenters. The number of rotatable bonds is 8. The molecule has 0 aromatic heterocycles. The van der Waals surface area contributed by atoms with E-state index < -0.39 is 10.0 Å². The highest BCUT2D eigenvalue weighted by molar-refractivity contribution is 7.88. The molecule has 1 saturated heterocycles. The van der Waals surface area contributed by atoms with Crippen LogP contribution in [0.25, 0.3) is 0 Å². The van der Waals surface area contributed by atoms with Gasteiger partial charge in [-0.25, -0.2) is 12.7 Å². The molecule has 1 N–H and O–H groups in total. The number of hydrogen-bond acceptors (Lipinski definition) is 3. The molecule has 1 aliphatic heterocycles. The standard InChI is InChI=1S/C22H25Cl3N2O3S/c23-19-8-7-18(21(25)14-19)15-31(29,30)27-12-9-17(10-13-27)22(28)26-11-3-5-16-4-1-2-6-20(16)24/h1-2,4,6-8,14,17H,3,5,9-13,15H2,(H,26,28). The molecule has 5 nitrogen and oxygen atoms in total. The second-order valence-corrected chi connectivity index (χ2v) is 10.9. The van der Waals surface area contributed by atoms with E-state index in [1.165, 1.54) is 10.4 Å². The first kappa shape index (κ1) is 24.3. The van der Waals surface area contributed by atoms with Crippen LogP contribution in [-0.4, -0.2) is 38.3 Å². The van der Waals surface area contributed by atoms with Crippen molar-refractivity contribution in [2.45, 2.75) is 31.4 Å². The monoisotopic (exact) mass is 502 g/mol. The van der Waals surface area contributed by atoms with E-state index >= 15 is 0 Å². The highest BCUT2D eigenvalue weighted by atomic mass is 35.5. The summed E-state index contributed by atoms with van der Waals surface area (Å²) in [6.07, 6.45) is 2.60. The number of carbonyl (C=O) groups is 1. The van der Waals surface area contributed by atoms with E-state index in [1.807, 2.05) is 24.3 Å². The summed E-state index contributed by atoms with van der Waals surface area (Å²) in [4.78, 5) is 12.5. The summed E-state index contributed by atoms with van der Waals surface area (Å²) in [6, 6.07) is 12.5. The van der Waals surface area contributed by atoms with Gasteiger partial charge in [-0.1, -0.05) is 59.1 Å². The molecule has 0 saturated carbocycles. The van der Waals surface area contributed by atoms with Crippen molar-refractivity contribution in [3.8, 4) is 0 Å². The lowest BCUT2D eigenvalue weighted by molar-refractivity contribution is -0.126. The number of nitrogens with one attached hydrogen (secondary N) is 1. The third-order valence-electron chi connectivity index (χ3n) is 5.45. The predicted molar refractivity (Wildman–Crippen MR) is 126 cm³/mol. The van der Waals surface area contributed by atoms with Crippen LogP contribution in [0.1, 0.15) is 30.4 Å². The van der Waals surface area contributed by atoms with E-state index in [2.05, 4.69) is 5.32 Å². The van der Waals surface area contributed by atoms with Gasteiger partial charge in [0.1, 0.15) is 0 Å². The van der Waals surface area contributed by atoms with Crippen LogP contribution in [0.15, 0.2) is 42.5 Å². The quantitative estimate of drug-likeness (QED) is 0.519. The Balaban J connectivity index is 1.44. The highest BCUT2D eigenvalue weighted by Crippen LogP contribution is 2.26. The summed E-state index contributed by atoms with van der Waals surface area (Å²) >= 11 is 18.1. The van der Waals surface area contributed by atoms with Gasteiger partial charge in [0.15, 0.2) is 0 Å². The molecular formula is C22H25Cl3N2O3S. The third kappa shape index (κ3) is 6.83. The molecular weight excluding hydrogens is 479 g/mol. The number of aryl methyl sites for hydroxylation is 1. The van der Waals surface area contributed by atoms with Crippen molar-refractivity contribution < 1.29 is 13.2 Å². The molecule has 1 heterocycles. The Morgan fingerprint density at radius 3 is 2.39 bits per heavy atom. The zero-order chi connectivity index (χ0) is 22.4. The number of benzene rings is 2. The lowest BCUT2D eigenvalue weighted by Crippen LogP contribution is -2.43. The molecule has 1 amide bonds. The molecule has 0 radical (unpaired) electrons. The average molecular weight is 504 g/mol. The van der Waals surface area contributed by atoms with Crippen LogP contribution in [0.3, 0.4) is 0 Å². The van der Waals surface area contributed by atoms with Crippen LogP contribution < -0.4 is 5.32 Å². The number of piperidine rings is 1. The van der Waals surface area contributed by atoms with E-state index in [9.17, 15) is 13.2 Å². The number of carbonyl (C=O) groups excluding carboxylic acids is 1. The fourth-order valence-corrected chi connectivity index (χ4v) is 6.04. The Bertz CT molecular complexity index is 1020. The first-order chi connectivity index (χ1) is 14.8. The fraction of sp³-hybridized carbons (Fsp3) is 0.409. The minimum Gasteiger partial charge on any atom is -0.356 e. The van der Waals surface area contributed by atoms with Crippen molar-refractivity contribution in [1.29, 1.82) is 0 Å². The van der Waals surface area contributed by atoms with Crippen LogP contribution in [0.4, 0.5) is 0 Å². The van der Waals surface area contributed by atoms with Gasteiger partial charge >= 0.3 is 0 Å². The number of halogens is 3. The summed E-state index contributed by atoms with van der Waals surface area (Å²) in [6.45, 7) is 1.22. The zero-order valence-electron chi connectivity index (χ0n) is 17.0. The van der Waals surface area contributed by atoms with Gasteiger partial charge in [-0.3, -0.25) is 4.79 Å². The summed E-state index contributed by atoms with van der Waals surface area (Å²) in [5.41, 5.74) is 1.59. The van der Waals surface area contributed by atoms with Gasteiger partial charge in [0.05, 0.1) is 5.75 Å². The van der Waals surface area contributed by atoms with Gasteiger partial charge in [-0.05, 0) is 55.0 Å². The topological polar surface area (TPSA) is 66.5 Å². The van der Waals surface area contributed by atoms with Crippen LogP contribution in [0, 0.1) is 5.92 Å². The van der Waals surface area contributed by atoms with E-state index in [0.717, 1.165) is 23.4 Å². The van der Waals surface area contributed by atoms with Gasteiger partial charge in [-0.15, -0.1) is 0 Å². The van der Waals surface area contributed by atoms with Crippen molar-refractivity contribution in [3.05, 3.63) is 68.7 Å². The van der Waals surface area contributed by atoms with Crippen molar-refractivity contribution in [2.24, 2.45) is 5.92 Å². The minimum atomic E-state index is -3.51. The molecule has 1 aliphatic rings. The zero-order valence-corrected chi connectivity index (χ0v) is 20.1. The van der Waals surface area contributed by atoms with Gasteiger partial charge < -0.3 is 5.32 Å². The second kappa shape index (κ2) is 11.0. The maximum atomic E-state index is 12.8. The minimum absolute atomic E-state index is 0.0167. The predicted octanol–water partition coefficient (Wildman–Crippen LogP) is 4.94. The number of hydrogen-bond donors (Lipinski definition) is 1. The third-order valence-corrected chi connectivity index (χ3v) is 8.23. The molecule has 1 fully saturated rings. The fourth-order valence-electron chi connectivity index (χ4n) is 3.66. The van der Waals surface area contributed by atoms with Crippen LogP contribution in [0.2, 0.25) is 15.1 Å². The van der Waals surface area contributed by atoms with E-state index in [-0.39, 0.29) is 17.6 Å². The van der Waals surface area contributed by atoms with Crippen molar-refractivity contribution in [1.82, 2.24) is 9.62 Å². The van der Waals surface area contributed by atoms with Crippen LogP contribution >= 0.6 is 34.8 Å². The van der Waals surface area contributed by atoms with E-state index in [1.54, 1.807) is 12.1 Å². The first-order valence-corrected chi connectivity index (χ1v) is 12.9. The van der Waals surface area contributed by atoms with Crippen molar-refractivity contribution in [3.63, 3.8) is 0 Å². The molecule has 2 aromatic carbocycles. The Morgan fingerprint density at radius 2 is 1.71 bits per heavy atom. The Kier molecular flexibility index (Phi) is 8.65. The number of nitrogens with zero attached hydrogens (tertiary/aromatic N) is 1. The molecule has 168 valence electrons. The van der Waals surface area contributed by atoms with Crippen LogP contribution in [0.5, 0.6) is 0 Å². The number of amides is 1. The summed E-state index contributed by atoms with van der Waals surface area (Å²) < 4.78 is 27.0. The Labute approximate surface area is 198 Å². The van der Waals surface area contributed by atoms with E-state index in [4.69, 9.17) is 34.8 Å². The number of sulfonamides is 1. The van der Waals surface area contributed by atoms with Gasteiger partial charge in [0, 0.05) is 40.6 Å². The molecule has 0 aliphatic carbocycles. The largest absolute Gasteiger partial charge is 0.356 e. The summed E-state index contributed by atoms with van der Waals surface area (Å²) in [5.74, 6) is -0.370. The van der Waals surface area contributed by atoms with Crippen LogP contribution in [-0.2, 0) is 27.0 Å². The Morgan fingerprint density at radius 1 is 1.00 bits per heavy atom. The summed E-state index contributed by atoms with van der Waals surface area (Å²) in [5, 5.41) is 4.50. The molecule has 9 heteroatoms. The normalized spacial score (nSPS) is 15.7. The molecule has 0 unspecified atom stereocenters. The van der Waals surface area contributed by atoms with Crippen molar-refractivity contribution in [2.75, 3.05) is 19.6 Å². The average Bonchev–Trinajstić information content (AvgIpc) is 2.74. The molecule has 2 aromatic rings. The lowest BCUT2D eigenvalue weighted by atomic mass is 9.97. The smallest absolute Gasteiger partial charge is 0.223 e. The molecule has 0 spiro atoms. The first-order valence-electron chi connectivity index (χ1n) is 10.2. The molecule has 31 heavy (non-hydrogen) atoms. The van der Waals surface area contributed by atoms with E-state index in [0.29, 0.717) is 48.1 Å². The Hall–Kier alpha value is -1.31. The molecule has 3 rings (SSSR count). The summed E-state index contributed by atoms with van der Waals surface area (Å²) in [7, 11) is -3.51.